The number of rotatable bonds is 6. The third-order valence-electron chi connectivity index (χ3n) is 2.14. The minimum Gasteiger partial charge on any atom is -0.374 e. The van der Waals surface area contributed by atoms with Gasteiger partial charge in [0, 0.05) is 11.9 Å². The van der Waals surface area contributed by atoms with Crippen molar-refractivity contribution in [3.63, 3.8) is 0 Å². The predicted octanol–water partition coefficient (Wildman–Crippen LogP) is 3.94. The first-order chi connectivity index (χ1) is 6.88. The van der Waals surface area contributed by atoms with E-state index in [1.807, 2.05) is 6.07 Å². The normalized spacial score (nSPS) is 12.7. The van der Waals surface area contributed by atoms with Crippen LogP contribution in [-0.2, 0) is 4.74 Å². The van der Waals surface area contributed by atoms with Crippen molar-refractivity contribution in [2.45, 2.75) is 25.9 Å². The van der Waals surface area contributed by atoms with Crippen LogP contribution >= 0.6 is 15.9 Å². The zero-order valence-electron chi connectivity index (χ0n) is 8.58. The van der Waals surface area contributed by atoms with Gasteiger partial charge in [-0.05, 0) is 18.4 Å². The van der Waals surface area contributed by atoms with Gasteiger partial charge in [-0.15, -0.1) is 0 Å². The van der Waals surface area contributed by atoms with Gasteiger partial charge in [0.25, 0.3) is 0 Å². The van der Waals surface area contributed by atoms with E-state index < -0.39 is 0 Å². The Balaban J connectivity index is 2.46. The Kier molecular flexibility index (Phi) is 5.88. The maximum Gasteiger partial charge on any atom is 0.0822 e. The van der Waals surface area contributed by atoms with Crippen LogP contribution < -0.4 is 0 Å². The summed E-state index contributed by atoms with van der Waals surface area (Å²) < 4.78 is 5.79. The topological polar surface area (TPSA) is 9.23 Å². The number of halogens is 1. The summed E-state index contributed by atoms with van der Waals surface area (Å²) in [4.78, 5) is 0. The van der Waals surface area contributed by atoms with Crippen molar-refractivity contribution in [3.05, 3.63) is 35.9 Å². The van der Waals surface area contributed by atoms with Gasteiger partial charge in [0.1, 0.15) is 0 Å². The van der Waals surface area contributed by atoms with Crippen LogP contribution in [0.3, 0.4) is 0 Å². The van der Waals surface area contributed by atoms with Crippen molar-refractivity contribution < 1.29 is 4.74 Å². The SMILES string of the molecule is CCC(OCCCBr)c1ccccc1. The summed E-state index contributed by atoms with van der Waals surface area (Å²) in [7, 11) is 0. The molecular formula is C12H17BrO. The summed E-state index contributed by atoms with van der Waals surface area (Å²) >= 11 is 3.40. The van der Waals surface area contributed by atoms with Crippen molar-refractivity contribution >= 4 is 15.9 Å². The lowest BCUT2D eigenvalue weighted by atomic mass is 10.1. The van der Waals surface area contributed by atoms with Crippen molar-refractivity contribution in [2.75, 3.05) is 11.9 Å². The summed E-state index contributed by atoms with van der Waals surface area (Å²) in [6, 6.07) is 10.4. The summed E-state index contributed by atoms with van der Waals surface area (Å²) in [5.74, 6) is 0. The Morgan fingerprint density at radius 1 is 1.29 bits per heavy atom. The molecule has 0 aliphatic heterocycles. The fraction of sp³-hybridized carbons (Fsp3) is 0.500. The monoisotopic (exact) mass is 256 g/mol. The molecule has 1 nitrogen and oxygen atoms in total. The van der Waals surface area contributed by atoms with E-state index in [0.29, 0.717) is 0 Å². The molecule has 1 aromatic rings. The first-order valence-corrected chi connectivity index (χ1v) is 6.23. The van der Waals surface area contributed by atoms with Gasteiger partial charge in [0.05, 0.1) is 6.10 Å². The fourth-order valence-corrected chi connectivity index (χ4v) is 1.63. The van der Waals surface area contributed by atoms with Crippen molar-refractivity contribution in [1.29, 1.82) is 0 Å². The maximum absolute atomic E-state index is 5.79. The molecule has 0 fully saturated rings. The molecule has 1 unspecified atom stereocenters. The van der Waals surface area contributed by atoms with Gasteiger partial charge in [0.15, 0.2) is 0 Å². The second kappa shape index (κ2) is 7.02. The Hall–Kier alpha value is -0.340. The average Bonchev–Trinajstić information content (AvgIpc) is 2.26. The van der Waals surface area contributed by atoms with Crippen molar-refractivity contribution in [1.82, 2.24) is 0 Å². The minimum atomic E-state index is 0.259. The average molecular weight is 257 g/mol. The second-order valence-corrected chi connectivity index (χ2v) is 4.01. The summed E-state index contributed by atoms with van der Waals surface area (Å²) in [5, 5.41) is 1.01. The Morgan fingerprint density at radius 3 is 2.57 bits per heavy atom. The molecular weight excluding hydrogens is 240 g/mol. The standard InChI is InChI=1S/C12H17BrO/c1-2-12(14-10-6-9-13)11-7-4-3-5-8-11/h3-5,7-8,12H,2,6,9-10H2,1H3. The molecule has 0 aliphatic rings. The molecule has 0 saturated heterocycles. The van der Waals surface area contributed by atoms with E-state index in [9.17, 15) is 0 Å². The van der Waals surface area contributed by atoms with E-state index in [4.69, 9.17) is 4.74 Å². The molecule has 1 rings (SSSR count). The van der Waals surface area contributed by atoms with Crippen LogP contribution in [0.5, 0.6) is 0 Å². The highest BCUT2D eigenvalue weighted by molar-refractivity contribution is 9.09. The third kappa shape index (κ3) is 3.81. The maximum atomic E-state index is 5.79. The lowest BCUT2D eigenvalue weighted by Gasteiger charge is -2.15. The Morgan fingerprint density at radius 2 is 2.00 bits per heavy atom. The first-order valence-electron chi connectivity index (χ1n) is 5.11. The van der Waals surface area contributed by atoms with E-state index in [0.717, 1.165) is 24.8 Å². The molecule has 0 heterocycles. The van der Waals surface area contributed by atoms with Crippen LogP contribution in [0.2, 0.25) is 0 Å². The number of ether oxygens (including phenoxy) is 1. The molecule has 0 spiro atoms. The van der Waals surface area contributed by atoms with Gasteiger partial charge in [-0.1, -0.05) is 53.2 Å². The van der Waals surface area contributed by atoms with Crippen LogP contribution in [0.25, 0.3) is 0 Å². The van der Waals surface area contributed by atoms with Crippen LogP contribution in [0.4, 0.5) is 0 Å². The summed E-state index contributed by atoms with van der Waals surface area (Å²) in [6.07, 6.45) is 2.37. The van der Waals surface area contributed by atoms with Crippen molar-refractivity contribution in [2.24, 2.45) is 0 Å². The van der Waals surface area contributed by atoms with Crippen LogP contribution in [0.1, 0.15) is 31.4 Å². The van der Waals surface area contributed by atoms with E-state index in [2.05, 4.69) is 47.1 Å². The molecule has 1 atom stereocenters. The highest BCUT2D eigenvalue weighted by Crippen LogP contribution is 2.20. The fourth-order valence-electron chi connectivity index (χ4n) is 1.40. The van der Waals surface area contributed by atoms with Gasteiger partial charge in [0.2, 0.25) is 0 Å². The number of benzene rings is 1. The van der Waals surface area contributed by atoms with Crippen LogP contribution in [0, 0.1) is 0 Å². The molecule has 0 amide bonds. The van der Waals surface area contributed by atoms with Crippen LogP contribution in [0.15, 0.2) is 30.3 Å². The van der Waals surface area contributed by atoms with Gasteiger partial charge in [-0.25, -0.2) is 0 Å². The van der Waals surface area contributed by atoms with Crippen LogP contribution in [-0.4, -0.2) is 11.9 Å². The van der Waals surface area contributed by atoms with Crippen molar-refractivity contribution in [3.8, 4) is 0 Å². The molecule has 0 radical (unpaired) electrons. The third-order valence-corrected chi connectivity index (χ3v) is 2.70. The molecule has 0 aromatic heterocycles. The van der Waals surface area contributed by atoms with E-state index in [-0.39, 0.29) is 6.10 Å². The zero-order valence-corrected chi connectivity index (χ0v) is 10.2. The smallest absolute Gasteiger partial charge is 0.0822 e. The molecule has 0 bridgehead atoms. The zero-order chi connectivity index (χ0) is 10.2. The first kappa shape index (κ1) is 11.7. The highest BCUT2D eigenvalue weighted by atomic mass is 79.9. The highest BCUT2D eigenvalue weighted by Gasteiger charge is 2.07. The minimum absolute atomic E-state index is 0.259. The Bertz CT molecular complexity index is 235. The summed E-state index contributed by atoms with van der Waals surface area (Å²) in [6.45, 7) is 2.99. The largest absolute Gasteiger partial charge is 0.374 e. The molecule has 0 aliphatic carbocycles. The molecule has 14 heavy (non-hydrogen) atoms. The number of hydrogen-bond acceptors (Lipinski definition) is 1. The lowest BCUT2D eigenvalue weighted by Crippen LogP contribution is -2.04. The lowest BCUT2D eigenvalue weighted by molar-refractivity contribution is 0.0510. The van der Waals surface area contributed by atoms with E-state index in [1.165, 1.54) is 5.56 Å². The Labute approximate surface area is 94.6 Å². The number of alkyl halides is 1. The quantitative estimate of drug-likeness (QED) is 0.554. The van der Waals surface area contributed by atoms with Gasteiger partial charge >= 0.3 is 0 Å². The van der Waals surface area contributed by atoms with E-state index >= 15 is 0 Å². The summed E-state index contributed by atoms with van der Waals surface area (Å²) in [5.41, 5.74) is 1.28. The van der Waals surface area contributed by atoms with E-state index in [1.54, 1.807) is 0 Å². The van der Waals surface area contributed by atoms with Gasteiger partial charge < -0.3 is 4.74 Å². The molecule has 0 saturated carbocycles. The molecule has 1 aromatic carbocycles. The molecule has 2 heteroatoms. The second-order valence-electron chi connectivity index (χ2n) is 3.22. The molecule has 0 N–H and O–H groups in total. The van der Waals surface area contributed by atoms with Gasteiger partial charge in [-0.2, -0.15) is 0 Å². The number of hydrogen-bond donors (Lipinski definition) is 0. The molecule has 78 valence electrons. The van der Waals surface area contributed by atoms with Gasteiger partial charge in [-0.3, -0.25) is 0 Å². The predicted molar refractivity (Wildman–Crippen MR) is 63.8 cm³/mol.